The van der Waals surface area contributed by atoms with E-state index >= 15 is 0 Å². The molecule has 0 aliphatic heterocycles. The molecule has 9 aromatic rings. The van der Waals surface area contributed by atoms with Crippen LogP contribution in [0.15, 0.2) is 144 Å². The molecular weight excluding hydrogens is 939 g/mol. The molecule has 0 saturated carbocycles. The normalized spacial score (nSPS) is 12.0. The van der Waals surface area contributed by atoms with Crippen molar-refractivity contribution in [2.75, 3.05) is 0 Å². The van der Waals surface area contributed by atoms with Gasteiger partial charge in [0, 0.05) is 42.9 Å². The Morgan fingerprint density at radius 2 is 1.46 bits per heavy atom. The van der Waals surface area contributed by atoms with Gasteiger partial charge in [-0.05, 0) is 69.6 Å². The maximum absolute atomic E-state index is 6.42. The number of furan rings is 1. The van der Waals surface area contributed by atoms with Gasteiger partial charge in [-0.15, -0.1) is 53.6 Å². The Hall–Kier alpha value is -5.39. The van der Waals surface area contributed by atoms with Crippen LogP contribution in [0.2, 0.25) is 19.6 Å². The molecule has 311 valence electrons. The number of pyridine rings is 1. The summed E-state index contributed by atoms with van der Waals surface area (Å²) < 4.78 is 8.69. The predicted molar refractivity (Wildman–Crippen MR) is 256 cm³/mol. The van der Waals surface area contributed by atoms with E-state index in [1.807, 2.05) is 36.4 Å². The molecule has 1 radical (unpaired) electrons. The van der Waals surface area contributed by atoms with E-state index in [9.17, 15) is 0 Å². The van der Waals surface area contributed by atoms with E-state index in [2.05, 4.69) is 188 Å². The Morgan fingerprint density at radius 1 is 0.738 bits per heavy atom. The van der Waals surface area contributed by atoms with Crippen molar-refractivity contribution in [3.05, 3.63) is 168 Å². The third kappa shape index (κ3) is 9.28. The number of para-hydroxylation sites is 3. The molecule has 4 nitrogen and oxygen atoms in total. The maximum Gasteiger partial charge on any atom is 0.120 e. The molecule has 0 spiro atoms. The van der Waals surface area contributed by atoms with Crippen LogP contribution in [0.5, 0.6) is 0 Å². The van der Waals surface area contributed by atoms with Gasteiger partial charge in [0.15, 0.2) is 0 Å². The third-order valence-electron chi connectivity index (χ3n) is 11.1. The van der Waals surface area contributed by atoms with E-state index < -0.39 is 8.07 Å². The van der Waals surface area contributed by atoms with E-state index in [1.165, 1.54) is 33.0 Å². The van der Waals surface area contributed by atoms with Crippen LogP contribution < -0.4 is 5.19 Å². The summed E-state index contributed by atoms with van der Waals surface area (Å²) in [5, 5.41) is 3.65. The van der Waals surface area contributed by atoms with Crippen molar-refractivity contribution in [3.63, 3.8) is 0 Å². The molecule has 3 heterocycles. The molecule has 0 fully saturated rings. The van der Waals surface area contributed by atoms with Crippen LogP contribution in [0.4, 0.5) is 0 Å². The van der Waals surface area contributed by atoms with Crippen molar-refractivity contribution >= 4 is 46.2 Å². The number of imidazole rings is 1. The van der Waals surface area contributed by atoms with Crippen LogP contribution in [0.25, 0.3) is 72.4 Å². The number of fused-ring (bicyclic) bond motifs is 4. The van der Waals surface area contributed by atoms with Crippen LogP contribution in [-0.2, 0) is 31.9 Å². The van der Waals surface area contributed by atoms with Gasteiger partial charge in [-0.1, -0.05) is 157 Å². The molecule has 9 rings (SSSR count). The number of rotatable bonds is 6. The summed E-state index contributed by atoms with van der Waals surface area (Å²) in [5.74, 6) is 0.816. The largest absolute Gasteiger partial charge is 0.501 e. The first-order valence-corrected chi connectivity index (χ1v) is 24.5. The number of nitrogens with zero attached hydrogens (tertiary/aromatic N) is 3. The van der Waals surface area contributed by atoms with Crippen LogP contribution in [0.1, 0.15) is 58.2 Å². The third-order valence-corrected chi connectivity index (χ3v) is 13.1. The van der Waals surface area contributed by atoms with Crippen LogP contribution >= 0.6 is 0 Å². The topological polar surface area (TPSA) is 43.9 Å². The summed E-state index contributed by atoms with van der Waals surface area (Å²) in [7, 11) is -1.38. The van der Waals surface area contributed by atoms with E-state index in [0.717, 1.165) is 67.7 Å². The second-order valence-electron chi connectivity index (χ2n) is 19.3. The standard InChI is InChI=1S/C35H27N2O.C20H28NSi.Ir/c1-35(2,3)24-20-21-30(28(22-24)23-12-5-4-6-13-23)37-31-18-9-8-17-29(31)36-34(37)27-16-11-15-26-25-14-7-10-19-32(25)38-33(26)27;1-15-8-10-16(11-9-15)18-12-17(13-20(2,3)4)19(14-21-18)22(5,6)7;/h4-15,17-22H,1-3H3;8-10,12,14H,13H2,1-7H3;/q2*-1;. The van der Waals surface area contributed by atoms with E-state index in [-0.39, 0.29) is 30.9 Å². The Bertz CT molecular complexity index is 2960. The summed E-state index contributed by atoms with van der Waals surface area (Å²) in [6, 6.07) is 53.3. The molecule has 0 N–H and O–H groups in total. The van der Waals surface area contributed by atoms with Gasteiger partial charge in [0.2, 0.25) is 0 Å². The van der Waals surface area contributed by atoms with Crippen molar-refractivity contribution < 1.29 is 24.5 Å². The van der Waals surface area contributed by atoms with Crippen molar-refractivity contribution in [2.45, 2.75) is 79.9 Å². The number of hydrogen-bond acceptors (Lipinski definition) is 3. The average Bonchev–Trinajstić information content (AvgIpc) is 3.79. The zero-order valence-electron chi connectivity index (χ0n) is 37.1. The number of aryl methyl sites for hydroxylation is 1. The fraction of sp³-hybridized carbons (Fsp3) is 0.236. The Morgan fingerprint density at radius 3 is 2.16 bits per heavy atom. The molecule has 0 unspecified atom stereocenters. The van der Waals surface area contributed by atoms with Crippen LogP contribution in [0.3, 0.4) is 0 Å². The van der Waals surface area contributed by atoms with E-state index in [0.29, 0.717) is 0 Å². The fourth-order valence-corrected chi connectivity index (χ4v) is 9.62. The number of hydrogen-bond donors (Lipinski definition) is 0. The first kappa shape index (κ1) is 43.7. The molecule has 6 aromatic carbocycles. The minimum absolute atomic E-state index is 0. The molecule has 0 saturated heterocycles. The maximum atomic E-state index is 6.42. The number of benzene rings is 6. The van der Waals surface area contributed by atoms with Gasteiger partial charge < -0.3 is 14.0 Å². The quantitative estimate of drug-likeness (QED) is 0.123. The van der Waals surface area contributed by atoms with Gasteiger partial charge >= 0.3 is 0 Å². The van der Waals surface area contributed by atoms with E-state index in [1.54, 1.807) is 0 Å². The van der Waals surface area contributed by atoms with Crippen LogP contribution in [-0.4, -0.2) is 22.6 Å². The zero-order chi connectivity index (χ0) is 42.4. The van der Waals surface area contributed by atoms with Crippen LogP contribution in [0, 0.1) is 24.5 Å². The van der Waals surface area contributed by atoms with Gasteiger partial charge in [0.25, 0.3) is 0 Å². The fourth-order valence-electron chi connectivity index (χ4n) is 8.04. The molecule has 0 amide bonds. The summed E-state index contributed by atoms with van der Waals surface area (Å²) >= 11 is 0. The van der Waals surface area contributed by atoms with Crippen molar-refractivity contribution in [1.82, 2.24) is 14.5 Å². The Labute approximate surface area is 376 Å². The first-order valence-electron chi connectivity index (χ1n) is 21.0. The minimum Gasteiger partial charge on any atom is -0.501 e. The molecule has 0 bridgehead atoms. The van der Waals surface area contributed by atoms with E-state index in [4.69, 9.17) is 14.4 Å². The molecule has 3 aromatic heterocycles. The molecule has 0 atom stereocenters. The second kappa shape index (κ2) is 17.2. The van der Waals surface area contributed by atoms with Crippen molar-refractivity contribution in [1.29, 1.82) is 0 Å². The average molecular weight is 994 g/mol. The summed E-state index contributed by atoms with van der Waals surface area (Å²) in [6.07, 6.45) is 3.21. The second-order valence-corrected chi connectivity index (χ2v) is 24.3. The predicted octanol–water partition coefficient (Wildman–Crippen LogP) is 14.3. The summed E-state index contributed by atoms with van der Waals surface area (Å²) in [6.45, 7) is 23.0. The summed E-state index contributed by atoms with van der Waals surface area (Å²) in [5.41, 5.74) is 14.3. The summed E-state index contributed by atoms with van der Waals surface area (Å²) in [4.78, 5) is 9.90. The smallest absolute Gasteiger partial charge is 0.120 e. The number of aromatic nitrogens is 3. The molecule has 6 heteroatoms. The Balaban J connectivity index is 0.000000210. The van der Waals surface area contributed by atoms with Crippen molar-refractivity contribution in [2.24, 2.45) is 5.41 Å². The molecular formula is C55H55IrN3OSi-2. The van der Waals surface area contributed by atoms with Gasteiger partial charge in [0.1, 0.15) is 5.58 Å². The molecule has 0 aliphatic carbocycles. The first-order chi connectivity index (χ1) is 28.5. The SMILES string of the molecule is CC(C)(C)c1ccc(-n2c(-c3[c-]ccc4c3oc3ccccc34)nc3ccccc32)c(-c2ccccc2)c1.Cc1c[c-]c(-c2cc(CC(C)(C)C)c([Si](C)(C)C)cn2)cc1.[Ir]. The van der Waals surface area contributed by atoms with Gasteiger partial charge in [-0.3, -0.25) is 4.98 Å². The van der Waals surface area contributed by atoms with Gasteiger partial charge in [0.05, 0.1) is 30.5 Å². The van der Waals surface area contributed by atoms with Gasteiger partial charge in [-0.2, -0.15) is 0 Å². The monoisotopic (exact) mass is 994 g/mol. The van der Waals surface area contributed by atoms with Crippen molar-refractivity contribution in [3.8, 4) is 39.5 Å². The zero-order valence-corrected chi connectivity index (χ0v) is 40.5. The minimum atomic E-state index is -1.38. The van der Waals surface area contributed by atoms with Gasteiger partial charge in [-0.25, -0.2) is 0 Å². The molecule has 0 aliphatic rings. The Kier molecular flexibility index (Phi) is 12.3. The molecule has 61 heavy (non-hydrogen) atoms.